The Bertz CT molecular complexity index is 877. The second-order valence-corrected chi connectivity index (χ2v) is 7.74. The third-order valence-electron chi connectivity index (χ3n) is 5.10. The number of hydrogen-bond donors (Lipinski definition) is 0. The summed E-state index contributed by atoms with van der Waals surface area (Å²) >= 11 is 0. The Kier molecular flexibility index (Phi) is 6.61. The minimum Gasteiger partial charge on any atom is -0.487 e. The molecule has 0 saturated heterocycles. The average molecular weight is 399 g/mol. The summed E-state index contributed by atoms with van der Waals surface area (Å²) in [5, 5.41) is 4.28. The average Bonchev–Trinajstić information content (AvgIpc) is 3.04. The molecule has 156 valence electrons. The van der Waals surface area contributed by atoms with Crippen molar-refractivity contribution in [1.29, 1.82) is 0 Å². The summed E-state index contributed by atoms with van der Waals surface area (Å²) in [5.74, 6) is 0.991. The molecule has 0 bridgehead atoms. The maximum atomic E-state index is 12.2. The van der Waals surface area contributed by atoms with Gasteiger partial charge in [0.05, 0.1) is 54.0 Å². The highest BCUT2D eigenvalue weighted by atomic mass is 16.5. The molecule has 2 aromatic heterocycles. The number of carbonyl (C=O) groups excluding carboxylic acids is 1. The standard InChI is InChI=1S/C21H29N5O3/c1-13(2)28-21(27)15-7-6-8-16(9-15)29-19-12-23-20(25-14(19)3)17-10-24-26(5)18(17)11-22-4/h10,12-13,15-16H,4,6-9,11H2,1-3,5H3/t15-,16-/m0/s1. The topological polar surface area (TPSA) is 91.5 Å². The van der Waals surface area contributed by atoms with Gasteiger partial charge < -0.3 is 9.47 Å². The summed E-state index contributed by atoms with van der Waals surface area (Å²) in [6, 6.07) is 0. The molecule has 8 heteroatoms. The van der Waals surface area contributed by atoms with E-state index < -0.39 is 0 Å². The molecule has 2 atom stereocenters. The summed E-state index contributed by atoms with van der Waals surface area (Å²) in [6.07, 6.45) is 6.65. The molecule has 1 aliphatic rings. The molecular weight excluding hydrogens is 370 g/mol. The highest BCUT2D eigenvalue weighted by molar-refractivity contribution is 5.72. The summed E-state index contributed by atoms with van der Waals surface area (Å²) in [4.78, 5) is 25.3. The SMILES string of the molecule is C=NCc1c(-c2ncc(O[C@H]3CCC[C@H](C(=O)OC(C)C)C3)c(C)n2)cnn1C. The number of ether oxygens (including phenoxy) is 2. The predicted molar refractivity (Wildman–Crippen MR) is 110 cm³/mol. The summed E-state index contributed by atoms with van der Waals surface area (Å²) in [5.41, 5.74) is 2.50. The molecule has 2 heterocycles. The van der Waals surface area contributed by atoms with Gasteiger partial charge in [-0.1, -0.05) is 0 Å². The van der Waals surface area contributed by atoms with Gasteiger partial charge in [0.1, 0.15) is 0 Å². The predicted octanol–water partition coefficient (Wildman–Crippen LogP) is 3.28. The van der Waals surface area contributed by atoms with Gasteiger partial charge in [0, 0.05) is 7.05 Å². The van der Waals surface area contributed by atoms with Gasteiger partial charge in [-0.3, -0.25) is 14.5 Å². The molecular formula is C21H29N5O3. The lowest BCUT2D eigenvalue weighted by molar-refractivity contribution is -0.154. The molecule has 0 aliphatic heterocycles. The van der Waals surface area contributed by atoms with E-state index >= 15 is 0 Å². The molecule has 3 rings (SSSR count). The van der Waals surface area contributed by atoms with E-state index in [-0.39, 0.29) is 24.1 Å². The number of aliphatic imine (C=N–C) groups is 1. The lowest BCUT2D eigenvalue weighted by atomic mass is 9.87. The number of esters is 1. The third kappa shape index (κ3) is 4.99. The van der Waals surface area contributed by atoms with E-state index in [0.29, 0.717) is 24.5 Å². The van der Waals surface area contributed by atoms with E-state index in [4.69, 9.17) is 9.47 Å². The van der Waals surface area contributed by atoms with Gasteiger partial charge in [-0.2, -0.15) is 5.10 Å². The lowest BCUT2D eigenvalue weighted by Gasteiger charge is -2.29. The second kappa shape index (κ2) is 9.15. The van der Waals surface area contributed by atoms with Crippen molar-refractivity contribution in [3.63, 3.8) is 0 Å². The maximum absolute atomic E-state index is 12.2. The van der Waals surface area contributed by atoms with Crippen LogP contribution in [0.15, 0.2) is 17.4 Å². The van der Waals surface area contributed by atoms with Crippen molar-refractivity contribution in [2.45, 2.75) is 65.2 Å². The Balaban J connectivity index is 1.71. The van der Waals surface area contributed by atoms with E-state index in [2.05, 4.69) is 26.8 Å². The molecule has 1 fully saturated rings. The first kappa shape index (κ1) is 21.0. The molecule has 0 radical (unpaired) electrons. The van der Waals surface area contributed by atoms with Crippen molar-refractivity contribution in [3.05, 3.63) is 23.8 Å². The van der Waals surface area contributed by atoms with Crippen LogP contribution < -0.4 is 4.74 Å². The van der Waals surface area contributed by atoms with Crippen molar-refractivity contribution < 1.29 is 14.3 Å². The number of nitrogens with zero attached hydrogens (tertiary/aromatic N) is 5. The number of carbonyl (C=O) groups is 1. The Morgan fingerprint density at radius 3 is 2.86 bits per heavy atom. The second-order valence-electron chi connectivity index (χ2n) is 7.74. The quantitative estimate of drug-likeness (QED) is 0.524. The van der Waals surface area contributed by atoms with Gasteiger partial charge in [-0.25, -0.2) is 9.97 Å². The number of rotatable bonds is 7. The molecule has 0 unspecified atom stereocenters. The van der Waals surface area contributed by atoms with Crippen LogP contribution in [0.25, 0.3) is 11.4 Å². The minimum absolute atomic E-state index is 0.0412. The minimum atomic E-state index is -0.128. The van der Waals surface area contributed by atoms with E-state index in [1.54, 1.807) is 17.1 Å². The van der Waals surface area contributed by atoms with Crippen LogP contribution in [0.4, 0.5) is 0 Å². The molecule has 29 heavy (non-hydrogen) atoms. The first-order valence-electron chi connectivity index (χ1n) is 10.0. The van der Waals surface area contributed by atoms with Crippen molar-refractivity contribution in [3.8, 4) is 17.1 Å². The van der Waals surface area contributed by atoms with Crippen LogP contribution in [0.3, 0.4) is 0 Å². The zero-order chi connectivity index (χ0) is 21.0. The number of aryl methyl sites for hydroxylation is 2. The smallest absolute Gasteiger partial charge is 0.309 e. The maximum Gasteiger partial charge on any atom is 0.309 e. The van der Waals surface area contributed by atoms with Crippen LogP contribution in [0.1, 0.15) is 50.9 Å². The van der Waals surface area contributed by atoms with E-state index in [0.717, 1.165) is 36.2 Å². The fourth-order valence-electron chi connectivity index (χ4n) is 3.62. The van der Waals surface area contributed by atoms with Crippen LogP contribution in [0.5, 0.6) is 5.75 Å². The Hall–Kier alpha value is -2.77. The molecule has 1 aliphatic carbocycles. The number of hydrogen-bond acceptors (Lipinski definition) is 7. The first-order chi connectivity index (χ1) is 13.9. The summed E-state index contributed by atoms with van der Waals surface area (Å²) in [6.45, 7) is 9.64. The van der Waals surface area contributed by atoms with Gasteiger partial charge in [0.2, 0.25) is 0 Å². The summed E-state index contributed by atoms with van der Waals surface area (Å²) in [7, 11) is 1.86. The molecule has 0 amide bonds. The van der Waals surface area contributed by atoms with Gasteiger partial charge in [0.15, 0.2) is 11.6 Å². The van der Waals surface area contributed by atoms with Gasteiger partial charge in [0.25, 0.3) is 0 Å². The van der Waals surface area contributed by atoms with Crippen molar-refractivity contribution in [2.24, 2.45) is 18.0 Å². The third-order valence-corrected chi connectivity index (χ3v) is 5.10. The fourth-order valence-corrected chi connectivity index (χ4v) is 3.62. The Morgan fingerprint density at radius 2 is 2.17 bits per heavy atom. The highest BCUT2D eigenvalue weighted by Crippen LogP contribution is 2.30. The van der Waals surface area contributed by atoms with Crippen molar-refractivity contribution >= 4 is 12.7 Å². The fraction of sp³-hybridized carbons (Fsp3) is 0.571. The normalized spacial score (nSPS) is 19.2. The van der Waals surface area contributed by atoms with E-state index in [1.165, 1.54) is 0 Å². The first-order valence-corrected chi connectivity index (χ1v) is 10.0. The Labute approximate surface area is 171 Å². The molecule has 0 aromatic carbocycles. The lowest BCUT2D eigenvalue weighted by Crippen LogP contribution is -2.32. The zero-order valence-electron chi connectivity index (χ0n) is 17.6. The largest absolute Gasteiger partial charge is 0.487 e. The van der Waals surface area contributed by atoms with Crippen molar-refractivity contribution in [2.75, 3.05) is 0 Å². The van der Waals surface area contributed by atoms with E-state index in [1.807, 2.05) is 27.8 Å². The number of aromatic nitrogens is 4. The molecule has 8 nitrogen and oxygen atoms in total. The monoisotopic (exact) mass is 399 g/mol. The molecule has 0 spiro atoms. The Morgan fingerprint density at radius 1 is 1.38 bits per heavy atom. The molecule has 0 N–H and O–H groups in total. The van der Waals surface area contributed by atoms with Crippen LogP contribution in [-0.2, 0) is 23.1 Å². The van der Waals surface area contributed by atoms with Crippen LogP contribution in [0.2, 0.25) is 0 Å². The van der Waals surface area contributed by atoms with Crippen molar-refractivity contribution in [1.82, 2.24) is 19.7 Å². The van der Waals surface area contributed by atoms with Crippen LogP contribution in [0, 0.1) is 12.8 Å². The van der Waals surface area contributed by atoms with Gasteiger partial charge >= 0.3 is 5.97 Å². The zero-order valence-corrected chi connectivity index (χ0v) is 17.6. The summed E-state index contributed by atoms with van der Waals surface area (Å²) < 4.78 is 13.3. The van der Waals surface area contributed by atoms with Gasteiger partial charge in [-0.15, -0.1) is 0 Å². The van der Waals surface area contributed by atoms with Gasteiger partial charge in [-0.05, 0) is 53.2 Å². The van der Waals surface area contributed by atoms with Crippen LogP contribution in [-0.4, -0.2) is 44.6 Å². The highest BCUT2D eigenvalue weighted by Gasteiger charge is 2.30. The van der Waals surface area contributed by atoms with E-state index in [9.17, 15) is 4.79 Å². The molecule has 1 saturated carbocycles. The van der Waals surface area contributed by atoms with Crippen LogP contribution >= 0.6 is 0 Å². The molecule has 2 aromatic rings.